The molecule has 1 aliphatic carbocycles. The number of alkyl halides is 5. The maximum Gasteiger partial charge on any atom is 0.408 e. The zero-order valence-electron chi connectivity index (χ0n) is 15.1. The molecule has 0 spiro atoms. The molecule has 2 fully saturated rings. The Morgan fingerprint density at radius 2 is 2.00 bits per heavy atom. The van der Waals surface area contributed by atoms with Crippen LogP contribution in [0, 0.1) is 17.2 Å². The van der Waals surface area contributed by atoms with Crippen LogP contribution >= 0.6 is 0 Å². The number of nitrogens with zero attached hydrogens (tertiary/aromatic N) is 4. The molecule has 6 nitrogen and oxygen atoms in total. The predicted molar refractivity (Wildman–Crippen MR) is 90.9 cm³/mol. The van der Waals surface area contributed by atoms with Crippen molar-refractivity contribution in [1.82, 2.24) is 4.98 Å². The van der Waals surface area contributed by atoms with Crippen molar-refractivity contribution < 1.29 is 31.9 Å². The van der Waals surface area contributed by atoms with Gasteiger partial charge in [0.25, 0.3) is 5.92 Å². The molecule has 0 amide bonds. The number of hydrogen-bond donors (Lipinski definition) is 1. The molecule has 0 saturated carbocycles. The average molecular weight is 416 g/mol. The third-order valence-electron chi connectivity index (χ3n) is 5.81. The molecule has 0 radical (unpaired) electrons. The highest BCUT2D eigenvalue weighted by molar-refractivity contribution is 5.72. The first-order valence-corrected chi connectivity index (χ1v) is 9.18. The lowest BCUT2D eigenvalue weighted by Crippen LogP contribution is -2.57. The Morgan fingerprint density at radius 1 is 1.31 bits per heavy atom. The molecule has 1 atom stereocenters. The van der Waals surface area contributed by atoms with Gasteiger partial charge in [0.15, 0.2) is 0 Å². The summed E-state index contributed by atoms with van der Waals surface area (Å²) in [5.41, 5.74) is -0.856. The van der Waals surface area contributed by atoms with E-state index in [4.69, 9.17) is 5.11 Å². The smallest absolute Gasteiger partial charge is 0.408 e. The van der Waals surface area contributed by atoms with Gasteiger partial charge >= 0.3 is 12.1 Å². The molecular formula is C18H17F5N4O2. The van der Waals surface area contributed by atoms with Gasteiger partial charge in [-0.25, -0.2) is 13.8 Å². The van der Waals surface area contributed by atoms with Gasteiger partial charge < -0.3 is 14.9 Å². The molecule has 1 N–H and O–H groups in total. The molecule has 2 aliphatic heterocycles. The summed E-state index contributed by atoms with van der Waals surface area (Å²) in [4.78, 5) is 17.6. The van der Waals surface area contributed by atoms with Crippen LogP contribution in [0.25, 0.3) is 0 Å². The minimum atomic E-state index is -4.56. The fourth-order valence-corrected chi connectivity index (χ4v) is 4.32. The first-order chi connectivity index (χ1) is 13.5. The van der Waals surface area contributed by atoms with E-state index in [0.717, 1.165) is 4.90 Å². The van der Waals surface area contributed by atoms with Crippen molar-refractivity contribution in [2.45, 2.75) is 43.8 Å². The molecule has 0 unspecified atom stereocenters. The summed E-state index contributed by atoms with van der Waals surface area (Å²) in [6.07, 6.45) is -5.41. The highest BCUT2D eigenvalue weighted by Crippen LogP contribution is 2.50. The summed E-state index contributed by atoms with van der Waals surface area (Å²) in [6.45, 7) is 0.508. The molecule has 3 heterocycles. The molecule has 156 valence electrons. The minimum absolute atomic E-state index is 0.0305. The lowest BCUT2D eigenvalue weighted by molar-refractivity contribution is -0.159. The first-order valence-electron chi connectivity index (χ1n) is 9.18. The minimum Gasteiger partial charge on any atom is -0.481 e. The van der Waals surface area contributed by atoms with Crippen molar-refractivity contribution in [3.05, 3.63) is 16.7 Å². The number of pyridine rings is 1. The topological polar surface area (TPSA) is 80.5 Å². The summed E-state index contributed by atoms with van der Waals surface area (Å²) in [5.74, 6) is -4.71. The van der Waals surface area contributed by atoms with Crippen molar-refractivity contribution in [3.8, 4) is 6.07 Å². The predicted octanol–water partition coefficient (Wildman–Crippen LogP) is 3.04. The van der Waals surface area contributed by atoms with Gasteiger partial charge in [-0.2, -0.15) is 18.4 Å². The van der Waals surface area contributed by atoms with Gasteiger partial charge in [-0.1, -0.05) is 0 Å². The molecule has 2 saturated heterocycles. The first kappa shape index (κ1) is 19.7. The largest absolute Gasteiger partial charge is 0.481 e. The Kier molecular flexibility index (Phi) is 4.36. The van der Waals surface area contributed by atoms with E-state index in [9.17, 15) is 32.0 Å². The van der Waals surface area contributed by atoms with E-state index < -0.39 is 41.7 Å². The number of carboxylic acids is 1. The van der Waals surface area contributed by atoms with Crippen LogP contribution in [0.5, 0.6) is 0 Å². The fraction of sp³-hybridized carbons (Fsp3) is 0.611. The van der Waals surface area contributed by atoms with Crippen LogP contribution in [-0.2, 0) is 17.1 Å². The molecular weight excluding hydrogens is 399 g/mol. The van der Waals surface area contributed by atoms with Crippen LogP contribution in [0.1, 0.15) is 36.0 Å². The van der Waals surface area contributed by atoms with Gasteiger partial charge in [0, 0.05) is 43.1 Å². The van der Waals surface area contributed by atoms with E-state index in [0.29, 0.717) is 0 Å². The summed E-state index contributed by atoms with van der Waals surface area (Å²) in [5, 5.41) is 18.4. The van der Waals surface area contributed by atoms with Crippen LogP contribution < -0.4 is 9.80 Å². The van der Waals surface area contributed by atoms with Gasteiger partial charge in [0.2, 0.25) is 0 Å². The van der Waals surface area contributed by atoms with E-state index >= 15 is 0 Å². The normalized spacial score (nSPS) is 23.2. The molecule has 3 aliphatic rings. The second kappa shape index (κ2) is 6.43. The standard InChI is InChI=1S/C18H17F5N4O2/c19-17(20)3-1-10-14(17)11(6-24)16(27-4-2-12(27)18(21,22)23)25-15(10)26-7-9(8-26)5-13(28)29/h9,12H,1-5,7-8H2,(H,28,29)/t12-/m1/s1. The number of anilines is 2. The van der Waals surface area contributed by atoms with Crippen LogP contribution in [0.4, 0.5) is 33.6 Å². The Hall–Kier alpha value is -2.64. The van der Waals surface area contributed by atoms with E-state index in [2.05, 4.69) is 4.98 Å². The number of fused-ring (bicyclic) bond motifs is 1. The number of carbonyl (C=O) groups is 1. The van der Waals surface area contributed by atoms with E-state index in [1.54, 1.807) is 11.0 Å². The molecule has 1 aromatic rings. The van der Waals surface area contributed by atoms with Gasteiger partial charge in [-0.15, -0.1) is 0 Å². The third-order valence-corrected chi connectivity index (χ3v) is 5.81. The fourth-order valence-electron chi connectivity index (χ4n) is 4.32. The van der Waals surface area contributed by atoms with Crippen molar-refractivity contribution in [3.63, 3.8) is 0 Å². The second-order valence-corrected chi connectivity index (χ2v) is 7.71. The Morgan fingerprint density at radius 3 is 2.52 bits per heavy atom. The van der Waals surface area contributed by atoms with Gasteiger partial charge in [-0.3, -0.25) is 4.79 Å². The molecule has 29 heavy (non-hydrogen) atoms. The quantitative estimate of drug-likeness (QED) is 0.760. The molecule has 4 rings (SSSR count). The number of halogens is 5. The van der Waals surface area contributed by atoms with Crippen LogP contribution in [-0.4, -0.2) is 47.9 Å². The SMILES string of the molecule is N#Cc1c(N2CC[C@@H]2C(F)(F)F)nc(N2CC(CC(=O)O)C2)c2c1C(F)(F)CC2. The number of aromatic nitrogens is 1. The lowest BCUT2D eigenvalue weighted by Gasteiger charge is -2.45. The van der Waals surface area contributed by atoms with Crippen molar-refractivity contribution in [2.75, 3.05) is 29.4 Å². The van der Waals surface area contributed by atoms with Crippen molar-refractivity contribution in [1.29, 1.82) is 5.26 Å². The van der Waals surface area contributed by atoms with Gasteiger partial charge in [0.1, 0.15) is 29.3 Å². The number of aliphatic carboxylic acids is 1. The molecule has 0 bridgehead atoms. The van der Waals surface area contributed by atoms with E-state index in [1.807, 2.05) is 0 Å². The van der Waals surface area contributed by atoms with Crippen LogP contribution in [0.15, 0.2) is 0 Å². The third kappa shape index (κ3) is 3.14. The number of rotatable bonds is 4. The zero-order valence-corrected chi connectivity index (χ0v) is 15.1. The van der Waals surface area contributed by atoms with Crippen molar-refractivity contribution in [2.24, 2.45) is 5.92 Å². The van der Waals surface area contributed by atoms with E-state index in [-0.39, 0.29) is 62.0 Å². The van der Waals surface area contributed by atoms with Crippen LogP contribution in [0.2, 0.25) is 0 Å². The van der Waals surface area contributed by atoms with E-state index in [1.165, 1.54) is 0 Å². The highest BCUT2D eigenvalue weighted by Gasteiger charge is 2.52. The molecule has 0 aromatic carbocycles. The van der Waals surface area contributed by atoms with Crippen molar-refractivity contribution >= 4 is 17.6 Å². The van der Waals surface area contributed by atoms with Gasteiger partial charge in [-0.05, 0) is 12.8 Å². The average Bonchev–Trinajstić information content (AvgIpc) is 2.83. The van der Waals surface area contributed by atoms with Crippen LogP contribution in [0.3, 0.4) is 0 Å². The highest BCUT2D eigenvalue weighted by atomic mass is 19.4. The number of hydrogen-bond acceptors (Lipinski definition) is 5. The monoisotopic (exact) mass is 416 g/mol. The second-order valence-electron chi connectivity index (χ2n) is 7.71. The number of carboxylic acid groups (broad SMARTS) is 1. The maximum absolute atomic E-state index is 14.6. The lowest BCUT2D eigenvalue weighted by atomic mass is 9.94. The Balaban J connectivity index is 1.77. The van der Waals surface area contributed by atoms with Gasteiger partial charge in [0.05, 0.1) is 6.42 Å². The zero-order chi connectivity index (χ0) is 21.1. The summed E-state index contributed by atoms with van der Waals surface area (Å²) in [6, 6.07) is -0.200. The molecule has 1 aromatic heterocycles. The summed E-state index contributed by atoms with van der Waals surface area (Å²) in [7, 11) is 0. The number of nitriles is 1. The Labute approximate surface area is 162 Å². The Bertz CT molecular complexity index is 905. The maximum atomic E-state index is 14.6. The summed E-state index contributed by atoms with van der Waals surface area (Å²) < 4.78 is 68.9. The molecule has 11 heteroatoms. The summed E-state index contributed by atoms with van der Waals surface area (Å²) >= 11 is 0.